The topological polar surface area (TPSA) is 51.8 Å². The van der Waals surface area contributed by atoms with Crippen LogP contribution in [0.2, 0.25) is 0 Å². The molecule has 0 aliphatic heterocycles. The van der Waals surface area contributed by atoms with E-state index in [1.54, 1.807) is 0 Å². The third-order valence-corrected chi connectivity index (χ3v) is 9.75. The summed E-state index contributed by atoms with van der Waals surface area (Å²) in [4.78, 5) is 15.3. The number of fused-ring (bicyclic) bond motifs is 5. The van der Waals surface area contributed by atoms with E-state index in [2.05, 4.69) is 127 Å². The lowest BCUT2D eigenvalue weighted by Gasteiger charge is -2.11. The molecule has 10 aromatic rings. The van der Waals surface area contributed by atoms with E-state index in [9.17, 15) is 0 Å². The highest BCUT2D eigenvalue weighted by atomic mass is 16.3. The van der Waals surface area contributed by atoms with E-state index in [1.165, 1.54) is 27.1 Å². The summed E-state index contributed by atoms with van der Waals surface area (Å²) in [5.41, 5.74) is 8.96. The molecule has 4 nitrogen and oxygen atoms in total. The van der Waals surface area contributed by atoms with E-state index in [0.717, 1.165) is 55.3 Å². The fourth-order valence-corrected chi connectivity index (χ4v) is 7.36. The van der Waals surface area contributed by atoms with Gasteiger partial charge in [-0.3, -0.25) is 0 Å². The van der Waals surface area contributed by atoms with Crippen molar-refractivity contribution in [2.75, 3.05) is 0 Å². The molecule has 2 heterocycles. The number of furan rings is 1. The summed E-state index contributed by atoms with van der Waals surface area (Å²) in [5, 5.41) is 6.87. The minimum Gasteiger partial charge on any atom is -0.456 e. The molecule has 0 amide bonds. The van der Waals surface area contributed by atoms with Crippen LogP contribution in [0.5, 0.6) is 0 Å². The first-order chi connectivity index (χ1) is 25.3. The SMILES string of the molecule is c1ccc(-c2nc(-c3ccc(-c4cccc5ccccc45)cc3)nc(-c3cccc4oc5cccc(-c6cccc7ccccc67)c5c34)n2)cc1. The van der Waals surface area contributed by atoms with E-state index in [4.69, 9.17) is 19.4 Å². The van der Waals surface area contributed by atoms with Gasteiger partial charge in [-0.05, 0) is 55.9 Å². The van der Waals surface area contributed by atoms with Crippen LogP contribution in [-0.4, -0.2) is 15.0 Å². The van der Waals surface area contributed by atoms with Crippen LogP contribution in [0.15, 0.2) is 180 Å². The van der Waals surface area contributed by atoms with Crippen molar-refractivity contribution >= 4 is 43.5 Å². The van der Waals surface area contributed by atoms with Gasteiger partial charge in [-0.15, -0.1) is 0 Å². The Labute approximate surface area is 294 Å². The average molecular weight is 652 g/mol. The number of aromatic nitrogens is 3. The fraction of sp³-hybridized carbons (Fsp3) is 0. The average Bonchev–Trinajstić information content (AvgIpc) is 3.60. The maximum Gasteiger partial charge on any atom is 0.164 e. The highest BCUT2D eigenvalue weighted by Crippen LogP contribution is 2.43. The number of rotatable bonds is 5. The summed E-state index contributed by atoms with van der Waals surface area (Å²) >= 11 is 0. The summed E-state index contributed by atoms with van der Waals surface area (Å²) in [7, 11) is 0. The van der Waals surface area contributed by atoms with Crippen LogP contribution in [0.1, 0.15) is 0 Å². The van der Waals surface area contributed by atoms with Crippen molar-refractivity contribution < 1.29 is 4.42 Å². The van der Waals surface area contributed by atoms with Crippen LogP contribution in [0.4, 0.5) is 0 Å². The van der Waals surface area contributed by atoms with Crippen molar-refractivity contribution in [2.24, 2.45) is 0 Å². The second-order valence-electron chi connectivity index (χ2n) is 12.8. The number of hydrogen-bond donors (Lipinski definition) is 0. The predicted molar refractivity (Wildman–Crippen MR) is 209 cm³/mol. The van der Waals surface area contributed by atoms with Crippen LogP contribution in [0.3, 0.4) is 0 Å². The molecule has 0 spiro atoms. The van der Waals surface area contributed by atoms with Gasteiger partial charge in [0.15, 0.2) is 17.5 Å². The summed E-state index contributed by atoms with van der Waals surface area (Å²) < 4.78 is 6.53. The van der Waals surface area contributed by atoms with E-state index in [0.29, 0.717) is 17.5 Å². The number of hydrogen-bond acceptors (Lipinski definition) is 4. The molecule has 8 aromatic carbocycles. The Morgan fingerprint density at radius 3 is 1.43 bits per heavy atom. The van der Waals surface area contributed by atoms with Gasteiger partial charge in [0.2, 0.25) is 0 Å². The van der Waals surface area contributed by atoms with Crippen molar-refractivity contribution in [2.45, 2.75) is 0 Å². The first-order valence-corrected chi connectivity index (χ1v) is 17.1. The zero-order chi connectivity index (χ0) is 33.7. The van der Waals surface area contributed by atoms with Crippen LogP contribution in [0.25, 0.3) is 99.9 Å². The molecule has 51 heavy (non-hydrogen) atoms. The molecule has 2 aromatic heterocycles. The summed E-state index contributed by atoms with van der Waals surface area (Å²) in [5.74, 6) is 1.83. The first-order valence-electron chi connectivity index (χ1n) is 17.1. The monoisotopic (exact) mass is 651 g/mol. The smallest absolute Gasteiger partial charge is 0.164 e. The second-order valence-corrected chi connectivity index (χ2v) is 12.8. The number of benzene rings is 8. The third kappa shape index (κ3) is 4.96. The molecule has 0 aliphatic carbocycles. The van der Waals surface area contributed by atoms with Crippen molar-refractivity contribution in [1.29, 1.82) is 0 Å². The van der Waals surface area contributed by atoms with Crippen LogP contribution < -0.4 is 0 Å². The largest absolute Gasteiger partial charge is 0.456 e. The number of nitrogens with zero attached hydrogens (tertiary/aromatic N) is 3. The minimum absolute atomic E-state index is 0.595. The van der Waals surface area contributed by atoms with Gasteiger partial charge >= 0.3 is 0 Å². The summed E-state index contributed by atoms with van der Waals surface area (Å²) in [6.07, 6.45) is 0. The first kappa shape index (κ1) is 29.0. The maximum absolute atomic E-state index is 6.53. The maximum atomic E-state index is 6.53. The van der Waals surface area contributed by atoms with Crippen molar-refractivity contribution in [3.05, 3.63) is 176 Å². The molecule has 0 unspecified atom stereocenters. The molecule has 238 valence electrons. The molecule has 10 rings (SSSR count). The van der Waals surface area contributed by atoms with E-state index < -0.39 is 0 Å². The highest BCUT2D eigenvalue weighted by molar-refractivity contribution is 6.19. The van der Waals surface area contributed by atoms with Crippen LogP contribution in [-0.2, 0) is 0 Å². The lowest BCUT2D eigenvalue weighted by molar-refractivity contribution is 0.669. The Bertz CT molecular complexity index is 2900. The summed E-state index contributed by atoms with van der Waals surface area (Å²) in [6.45, 7) is 0. The van der Waals surface area contributed by atoms with Crippen LogP contribution in [0, 0.1) is 0 Å². The van der Waals surface area contributed by atoms with Gasteiger partial charge in [0, 0.05) is 27.5 Å². The lowest BCUT2D eigenvalue weighted by Crippen LogP contribution is -2.00. The van der Waals surface area contributed by atoms with Crippen LogP contribution >= 0.6 is 0 Å². The highest BCUT2D eigenvalue weighted by Gasteiger charge is 2.20. The minimum atomic E-state index is 0.595. The van der Waals surface area contributed by atoms with Crippen molar-refractivity contribution in [3.8, 4) is 56.4 Å². The van der Waals surface area contributed by atoms with Gasteiger partial charge < -0.3 is 4.42 Å². The molecule has 0 atom stereocenters. The summed E-state index contributed by atoms with van der Waals surface area (Å²) in [6, 6.07) is 61.0. The van der Waals surface area contributed by atoms with Gasteiger partial charge in [0.25, 0.3) is 0 Å². The Morgan fingerprint density at radius 1 is 0.294 bits per heavy atom. The lowest BCUT2D eigenvalue weighted by atomic mass is 9.93. The van der Waals surface area contributed by atoms with E-state index >= 15 is 0 Å². The van der Waals surface area contributed by atoms with Gasteiger partial charge in [0.1, 0.15) is 11.2 Å². The van der Waals surface area contributed by atoms with Gasteiger partial charge in [0.05, 0.1) is 0 Å². The molecule has 4 heteroatoms. The van der Waals surface area contributed by atoms with E-state index in [-0.39, 0.29) is 0 Å². The van der Waals surface area contributed by atoms with Gasteiger partial charge in [-0.25, -0.2) is 15.0 Å². The van der Waals surface area contributed by atoms with Crippen molar-refractivity contribution in [1.82, 2.24) is 15.0 Å². The molecule has 0 saturated carbocycles. The molecule has 0 saturated heterocycles. The zero-order valence-corrected chi connectivity index (χ0v) is 27.5. The molecular weight excluding hydrogens is 623 g/mol. The fourth-order valence-electron chi connectivity index (χ4n) is 7.36. The molecule has 0 bridgehead atoms. The van der Waals surface area contributed by atoms with E-state index in [1.807, 2.05) is 48.5 Å². The Kier molecular flexibility index (Phi) is 6.78. The second kappa shape index (κ2) is 11.9. The molecule has 0 N–H and O–H groups in total. The Balaban J connectivity index is 1.18. The molecule has 0 aliphatic rings. The van der Waals surface area contributed by atoms with Gasteiger partial charge in [-0.2, -0.15) is 0 Å². The quantitative estimate of drug-likeness (QED) is 0.186. The molecule has 0 radical (unpaired) electrons. The Hall–Kier alpha value is -6.91. The van der Waals surface area contributed by atoms with Crippen molar-refractivity contribution in [3.63, 3.8) is 0 Å². The zero-order valence-electron chi connectivity index (χ0n) is 27.5. The van der Waals surface area contributed by atoms with Gasteiger partial charge in [-0.1, -0.05) is 164 Å². The molecular formula is C47H29N3O. The standard InChI is InChI=1S/C47H29N3O/c1-2-14-33(15-3-1)45-48-46(34-28-26-32(27-29-34)36-20-8-16-30-12-4-6-18-35(30)36)50-47(49-45)40-23-11-25-42-44(40)43-39(22-10-24-41(43)51-42)38-21-9-17-31-13-5-7-19-37(31)38/h1-29H. The Morgan fingerprint density at radius 2 is 0.745 bits per heavy atom. The third-order valence-electron chi connectivity index (χ3n) is 9.75. The predicted octanol–water partition coefficient (Wildman–Crippen LogP) is 12.4. The normalized spacial score (nSPS) is 11.5. The molecule has 0 fully saturated rings.